The summed E-state index contributed by atoms with van der Waals surface area (Å²) in [5, 5.41) is 10.2. The lowest BCUT2D eigenvalue weighted by Gasteiger charge is -2.36. The highest BCUT2D eigenvalue weighted by Crippen LogP contribution is 2.49. The number of fused-ring (bicyclic) bond motifs is 1. The number of likely N-dealkylation sites (tertiary alicyclic amines) is 1. The van der Waals surface area contributed by atoms with Gasteiger partial charge in [-0.3, -0.25) is 4.79 Å². The summed E-state index contributed by atoms with van der Waals surface area (Å²) in [7, 11) is 0. The predicted molar refractivity (Wildman–Crippen MR) is 60.3 cm³/mol. The minimum Gasteiger partial charge on any atom is -0.388 e. The second-order valence-corrected chi connectivity index (χ2v) is 6.00. The van der Waals surface area contributed by atoms with Crippen LogP contribution in [0.4, 0.5) is 0 Å². The fraction of sp³-hybridized carbons (Fsp3) is 0.923. The minimum absolute atomic E-state index is 0.00979. The molecular formula is C13H19NO3. The van der Waals surface area contributed by atoms with Crippen LogP contribution in [0.2, 0.25) is 0 Å². The Morgan fingerprint density at radius 3 is 2.71 bits per heavy atom. The standard InChI is InChI=1S/C13H19NO3/c15-11-9-6-8-12(17-9)10(11)14(13(8)16)7-4-2-1-3-5-7/h7-12,15H,1-6H2. The summed E-state index contributed by atoms with van der Waals surface area (Å²) < 4.78 is 5.75. The molecule has 4 heteroatoms. The number of hydrogen-bond donors (Lipinski definition) is 1. The smallest absolute Gasteiger partial charge is 0.229 e. The third kappa shape index (κ3) is 1.23. The van der Waals surface area contributed by atoms with Crippen molar-refractivity contribution in [3.05, 3.63) is 0 Å². The highest BCUT2D eigenvalue weighted by molar-refractivity contribution is 5.84. The summed E-state index contributed by atoms with van der Waals surface area (Å²) in [5.41, 5.74) is 0. The summed E-state index contributed by atoms with van der Waals surface area (Å²) in [5.74, 6) is 0.307. The van der Waals surface area contributed by atoms with Crippen molar-refractivity contribution in [2.45, 2.75) is 68.9 Å². The van der Waals surface area contributed by atoms with E-state index >= 15 is 0 Å². The lowest BCUT2D eigenvalue weighted by Crippen LogP contribution is -2.49. The Morgan fingerprint density at radius 1 is 1.24 bits per heavy atom. The zero-order valence-electron chi connectivity index (χ0n) is 9.92. The summed E-state index contributed by atoms with van der Waals surface area (Å²) >= 11 is 0. The van der Waals surface area contributed by atoms with E-state index in [4.69, 9.17) is 4.74 Å². The normalized spacial score (nSPS) is 49.4. The number of carbonyl (C=O) groups is 1. The maximum Gasteiger partial charge on any atom is 0.229 e. The molecule has 3 saturated heterocycles. The molecule has 4 rings (SSSR count). The predicted octanol–water partition coefficient (Wildman–Crippen LogP) is 0.678. The van der Waals surface area contributed by atoms with Gasteiger partial charge >= 0.3 is 0 Å². The van der Waals surface area contributed by atoms with Crippen molar-refractivity contribution in [1.82, 2.24) is 4.90 Å². The fourth-order valence-electron chi connectivity index (χ4n) is 4.37. The third-order valence-electron chi connectivity index (χ3n) is 5.14. The maximum absolute atomic E-state index is 12.4. The number of hydrogen-bond acceptors (Lipinski definition) is 3. The number of aliphatic hydroxyl groups is 1. The molecule has 5 unspecified atom stereocenters. The molecule has 1 aliphatic carbocycles. The molecule has 0 aromatic rings. The fourth-order valence-corrected chi connectivity index (χ4v) is 4.37. The van der Waals surface area contributed by atoms with Gasteiger partial charge in [-0.2, -0.15) is 0 Å². The van der Waals surface area contributed by atoms with Crippen LogP contribution in [0.15, 0.2) is 0 Å². The topological polar surface area (TPSA) is 49.8 Å². The van der Waals surface area contributed by atoms with Crippen molar-refractivity contribution in [3.8, 4) is 0 Å². The van der Waals surface area contributed by atoms with Crippen LogP contribution in [0.3, 0.4) is 0 Å². The van der Waals surface area contributed by atoms with Gasteiger partial charge in [0.1, 0.15) is 6.10 Å². The van der Waals surface area contributed by atoms with Crippen molar-refractivity contribution in [2.75, 3.05) is 0 Å². The van der Waals surface area contributed by atoms with Crippen molar-refractivity contribution >= 4 is 5.91 Å². The number of aliphatic hydroxyl groups excluding tert-OH is 1. The van der Waals surface area contributed by atoms with Crippen LogP contribution >= 0.6 is 0 Å². The van der Waals surface area contributed by atoms with Gasteiger partial charge in [0.2, 0.25) is 5.91 Å². The molecule has 0 radical (unpaired) electrons. The Kier molecular flexibility index (Phi) is 2.10. The SMILES string of the molecule is O=C1C2CC3OC2C(C3O)N1C1CCCCC1. The Morgan fingerprint density at radius 2 is 2.00 bits per heavy atom. The quantitative estimate of drug-likeness (QED) is 0.729. The highest BCUT2D eigenvalue weighted by atomic mass is 16.5. The van der Waals surface area contributed by atoms with Crippen LogP contribution in [0.1, 0.15) is 38.5 Å². The first-order valence-electron chi connectivity index (χ1n) is 6.93. The molecule has 4 aliphatic rings. The van der Waals surface area contributed by atoms with E-state index in [1.54, 1.807) is 0 Å². The molecule has 3 heterocycles. The zero-order chi connectivity index (χ0) is 11.6. The second kappa shape index (κ2) is 3.45. The van der Waals surface area contributed by atoms with Gasteiger partial charge in [-0.15, -0.1) is 0 Å². The Bertz CT molecular complexity index is 353. The number of ether oxygens (including phenoxy) is 1. The zero-order valence-corrected chi connectivity index (χ0v) is 9.92. The van der Waals surface area contributed by atoms with Crippen LogP contribution in [0.25, 0.3) is 0 Å². The largest absolute Gasteiger partial charge is 0.388 e. The average molecular weight is 237 g/mol. The van der Waals surface area contributed by atoms with Crippen molar-refractivity contribution < 1.29 is 14.6 Å². The number of carbonyl (C=O) groups excluding carboxylic acids is 1. The Balaban J connectivity index is 1.65. The third-order valence-corrected chi connectivity index (χ3v) is 5.14. The van der Waals surface area contributed by atoms with Crippen molar-refractivity contribution in [1.29, 1.82) is 0 Å². The number of nitrogens with zero attached hydrogens (tertiary/aromatic N) is 1. The van der Waals surface area contributed by atoms with E-state index in [2.05, 4.69) is 0 Å². The van der Waals surface area contributed by atoms with Crippen LogP contribution < -0.4 is 0 Å². The van der Waals surface area contributed by atoms with Crippen LogP contribution in [-0.4, -0.2) is 46.3 Å². The lowest BCUT2D eigenvalue weighted by atomic mass is 9.87. The van der Waals surface area contributed by atoms with E-state index in [-0.39, 0.29) is 30.1 Å². The lowest BCUT2D eigenvalue weighted by molar-refractivity contribution is -0.135. The summed E-state index contributed by atoms with van der Waals surface area (Å²) in [6, 6.07) is 0.332. The summed E-state index contributed by atoms with van der Waals surface area (Å²) in [4.78, 5) is 14.4. The molecule has 1 amide bonds. The molecule has 4 nitrogen and oxygen atoms in total. The molecular weight excluding hydrogens is 218 g/mol. The van der Waals surface area contributed by atoms with Crippen LogP contribution in [0, 0.1) is 5.92 Å². The Labute approximate surface area is 101 Å². The maximum atomic E-state index is 12.4. The van der Waals surface area contributed by atoms with Crippen LogP contribution in [-0.2, 0) is 9.53 Å². The molecule has 17 heavy (non-hydrogen) atoms. The first-order valence-corrected chi connectivity index (χ1v) is 6.93. The van der Waals surface area contributed by atoms with E-state index < -0.39 is 6.10 Å². The van der Waals surface area contributed by atoms with Gasteiger partial charge in [-0.05, 0) is 19.3 Å². The minimum atomic E-state index is -0.440. The molecule has 5 atom stereocenters. The molecule has 1 saturated carbocycles. The molecule has 4 fully saturated rings. The van der Waals surface area contributed by atoms with Crippen LogP contribution in [0.5, 0.6) is 0 Å². The second-order valence-electron chi connectivity index (χ2n) is 6.00. The van der Waals surface area contributed by atoms with Gasteiger partial charge in [0, 0.05) is 6.04 Å². The van der Waals surface area contributed by atoms with E-state index in [0.29, 0.717) is 6.04 Å². The van der Waals surface area contributed by atoms with Gasteiger partial charge in [0.15, 0.2) is 0 Å². The molecule has 0 spiro atoms. The van der Waals surface area contributed by atoms with E-state index in [1.807, 2.05) is 4.90 Å². The summed E-state index contributed by atoms with van der Waals surface area (Å²) in [6.07, 6.45) is 6.16. The average Bonchev–Trinajstić information content (AvgIpc) is 2.95. The molecule has 2 bridgehead atoms. The van der Waals surface area contributed by atoms with Gasteiger partial charge in [-0.1, -0.05) is 19.3 Å². The van der Waals surface area contributed by atoms with Gasteiger partial charge < -0.3 is 14.7 Å². The van der Waals surface area contributed by atoms with Crippen molar-refractivity contribution in [2.24, 2.45) is 5.92 Å². The van der Waals surface area contributed by atoms with Crippen molar-refractivity contribution in [3.63, 3.8) is 0 Å². The first-order chi connectivity index (χ1) is 8.27. The molecule has 3 aliphatic heterocycles. The van der Waals surface area contributed by atoms with Gasteiger partial charge in [-0.25, -0.2) is 0 Å². The van der Waals surface area contributed by atoms with E-state index in [1.165, 1.54) is 19.3 Å². The highest BCUT2D eigenvalue weighted by Gasteiger charge is 2.65. The number of rotatable bonds is 1. The van der Waals surface area contributed by atoms with Gasteiger partial charge in [0.25, 0.3) is 0 Å². The number of amides is 1. The van der Waals surface area contributed by atoms with Gasteiger partial charge in [0.05, 0.1) is 24.2 Å². The first kappa shape index (κ1) is 10.3. The molecule has 94 valence electrons. The monoisotopic (exact) mass is 237 g/mol. The summed E-state index contributed by atoms with van der Waals surface area (Å²) in [6.45, 7) is 0. The van der Waals surface area contributed by atoms with E-state index in [9.17, 15) is 9.90 Å². The van der Waals surface area contributed by atoms with E-state index in [0.717, 1.165) is 19.3 Å². The molecule has 0 aromatic carbocycles. The Hall–Kier alpha value is -0.610. The molecule has 1 N–H and O–H groups in total. The molecule has 0 aromatic heterocycles.